The maximum absolute atomic E-state index is 5.79. The summed E-state index contributed by atoms with van der Waals surface area (Å²) in [5, 5.41) is 0. The van der Waals surface area contributed by atoms with Crippen LogP contribution in [-0.2, 0) is 4.74 Å². The molecular formula is C8H12Br2O. The van der Waals surface area contributed by atoms with Crippen LogP contribution >= 0.6 is 31.9 Å². The summed E-state index contributed by atoms with van der Waals surface area (Å²) in [7, 11) is 0. The van der Waals surface area contributed by atoms with Crippen molar-refractivity contribution in [2.24, 2.45) is 0 Å². The van der Waals surface area contributed by atoms with Gasteiger partial charge in [0.25, 0.3) is 0 Å². The summed E-state index contributed by atoms with van der Waals surface area (Å²) in [6, 6.07) is 0. The molecule has 0 aromatic carbocycles. The monoisotopic (exact) mass is 282 g/mol. The highest BCUT2D eigenvalue weighted by molar-refractivity contribution is 9.14. The molecule has 0 N–H and O–H groups in total. The fourth-order valence-corrected chi connectivity index (χ4v) is 2.37. The molecule has 1 rings (SSSR count). The van der Waals surface area contributed by atoms with E-state index in [1.807, 2.05) is 27.7 Å². The minimum absolute atomic E-state index is 0.192. The van der Waals surface area contributed by atoms with Crippen molar-refractivity contribution >= 4 is 31.9 Å². The van der Waals surface area contributed by atoms with Crippen LogP contribution in [0.15, 0.2) is 8.96 Å². The molecule has 0 aromatic rings. The van der Waals surface area contributed by atoms with Gasteiger partial charge in [0.2, 0.25) is 0 Å². The highest BCUT2D eigenvalue weighted by Gasteiger charge is 2.43. The van der Waals surface area contributed by atoms with Crippen LogP contribution in [0.25, 0.3) is 0 Å². The fraction of sp³-hybridized carbons (Fsp3) is 0.750. The summed E-state index contributed by atoms with van der Waals surface area (Å²) in [6.45, 7) is 8.19. The number of halogens is 2. The molecule has 1 nitrogen and oxygen atoms in total. The van der Waals surface area contributed by atoms with Gasteiger partial charge in [0.1, 0.15) is 0 Å². The Balaban J connectivity index is 3.09. The Kier molecular flexibility index (Phi) is 2.28. The van der Waals surface area contributed by atoms with Crippen molar-refractivity contribution < 1.29 is 4.74 Å². The van der Waals surface area contributed by atoms with Gasteiger partial charge in [0.05, 0.1) is 11.2 Å². The molecule has 0 saturated heterocycles. The van der Waals surface area contributed by atoms with E-state index in [1.54, 1.807) is 0 Å². The van der Waals surface area contributed by atoms with Gasteiger partial charge in [-0.3, -0.25) is 0 Å². The molecule has 64 valence electrons. The van der Waals surface area contributed by atoms with Crippen molar-refractivity contribution in [3.63, 3.8) is 0 Å². The van der Waals surface area contributed by atoms with Gasteiger partial charge in [-0.1, -0.05) is 31.9 Å². The zero-order chi connectivity index (χ0) is 8.86. The van der Waals surface area contributed by atoms with Crippen molar-refractivity contribution in [1.82, 2.24) is 0 Å². The number of hydrogen-bond acceptors (Lipinski definition) is 1. The third-order valence-electron chi connectivity index (χ3n) is 1.76. The molecular weight excluding hydrogens is 272 g/mol. The number of rotatable bonds is 0. The Morgan fingerprint density at radius 2 is 1.18 bits per heavy atom. The molecule has 0 spiro atoms. The SMILES string of the molecule is CC1(C)OC(C)(C)C(Br)=C1Br. The lowest BCUT2D eigenvalue weighted by Gasteiger charge is -2.25. The van der Waals surface area contributed by atoms with Crippen molar-refractivity contribution in [2.75, 3.05) is 0 Å². The maximum Gasteiger partial charge on any atom is 0.0960 e. The smallest absolute Gasteiger partial charge is 0.0960 e. The molecule has 0 fully saturated rings. The molecule has 0 atom stereocenters. The zero-order valence-electron chi connectivity index (χ0n) is 7.16. The molecule has 0 aromatic heterocycles. The van der Waals surface area contributed by atoms with Crippen LogP contribution in [0.1, 0.15) is 27.7 Å². The van der Waals surface area contributed by atoms with Crippen LogP contribution in [-0.4, -0.2) is 11.2 Å². The molecule has 0 bridgehead atoms. The lowest BCUT2D eigenvalue weighted by Crippen LogP contribution is -2.28. The van der Waals surface area contributed by atoms with E-state index in [9.17, 15) is 0 Å². The van der Waals surface area contributed by atoms with E-state index in [4.69, 9.17) is 4.74 Å². The quantitative estimate of drug-likeness (QED) is 0.660. The van der Waals surface area contributed by atoms with Crippen molar-refractivity contribution in [3.8, 4) is 0 Å². The molecule has 0 radical (unpaired) electrons. The summed E-state index contributed by atoms with van der Waals surface area (Å²) in [5.41, 5.74) is -0.384. The van der Waals surface area contributed by atoms with E-state index in [2.05, 4.69) is 31.9 Å². The summed E-state index contributed by atoms with van der Waals surface area (Å²) in [5.74, 6) is 0. The van der Waals surface area contributed by atoms with Gasteiger partial charge in [-0.05, 0) is 27.7 Å². The summed E-state index contributed by atoms with van der Waals surface area (Å²) >= 11 is 7.02. The van der Waals surface area contributed by atoms with Gasteiger partial charge in [-0.2, -0.15) is 0 Å². The van der Waals surface area contributed by atoms with E-state index in [-0.39, 0.29) is 11.2 Å². The number of hydrogen-bond donors (Lipinski definition) is 0. The second-order valence-corrected chi connectivity index (χ2v) is 5.34. The maximum atomic E-state index is 5.79. The zero-order valence-corrected chi connectivity index (χ0v) is 10.3. The summed E-state index contributed by atoms with van der Waals surface area (Å²) < 4.78 is 8.01. The Bertz CT molecular complexity index is 194. The number of ether oxygens (including phenoxy) is 1. The van der Waals surface area contributed by atoms with E-state index in [0.29, 0.717) is 0 Å². The molecule has 1 heterocycles. The Morgan fingerprint density at radius 3 is 1.27 bits per heavy atom. The Hall–Kier alpha value is 0.660. The second kappa shape index (κ2) is 2.57. The standard InChI is InChI=1S/C8H12Br2O/c1-7(2)5(9)6(10)8(3,4)11-7/h1-4H3. The first-order chi connectivity index (χ1) is 4.77. The Labute approximate surface area is 84.4 Å². The van der Waals surface area contributed by atoms with Crippen LogP contribution in [0.2, 0.25) is 0 Å². The van der Waals surface area contributed by atoms with Crippen molar-refractivity contribution in [2.45, 2.75) is 38.9 Å². The predicted molar refractivity (Wildman–Crippen MR) is 54.1 cm³/mol. The summed E-state index contributed by atoms with van der Waals surface area (Å²) in [6.07, 6.45) is 0. The fourth-order valence-electron chi connectivity index (χ4n) is 1.26. The first kappa shape index (κ1) is 9.75. The van der Waals surface area contributed by atoms with Gasteiger partial charge in [-0.15, -0.1) is 0 Å². The van der Waals surface area contributed by atoms with Gasteiger partial charge >= 0.3 is 0 Å². The third kappa shape index (κ3) is 1.56. The molecule has 0 amide bonds. The predicted octanol–water partition coefficient (Wildman–Crippen LogP) is 3.58. The Morgan fingerprint density at radius 1 is 0.909 bits per heavy atom. The largest absolute Gasteiger partial charge is 0.359 e. The first-order valence-corrected chi connectivity index (χ1v) is 5.12. The van der Waals surface area contributed by atoms with Gasteiger partial charge in [0, 0.05) is 8.96 Å². The minimum Gasteiger partial charge on any atom is -0.359 e. The second-order valence-electron chi connectivity index (χ2n) is 3.75. The van der Waals surface area contributed by atoms with E-state index in [0.717, 1.165) is 8.96 Å². The van der Waals surface area contributed by atoms with E-state index in [1.165, 1.54) is 0 Å². The van der Waals surface area contributed by atoms with Crippen molar-refractivity contribution in [1.29, 1.82) is 0 Å². The van der Waals surface area contributed by atoms with Crippen LogP contribution in [0.5, 0.6) is 0 Å². The highest BCUT2D eigenvalue weighted by atomic mass is 79.9. The molecule has 11 heavy (non-hydrogen) atoms. The van der Waals surface area contributed by atoms with E-state index < -0.39 is 0 Å². The average molecular weight is 284 g/mol. The minimum atomic E-state index is -0.192. The molecule has 0 aliphatic carbocycles. The third-order valence-corrected chi connectivity index (χ3v) is 5.00. The molecule has 0 unspecified atom stereocenters. The van der Waals surface area contributed by atoms with Gasteiger partial charge in [-0.25, -0.2) is 0 Å². The molecule has 3 heteroatoms. The lowest BCUT2D eigenvalue weighted by molar-refractivity contribution is -0.0503. The van der Waals surface area contributed by atoms with Crippen LogP contribution in [0.4, 0.5) is 0 Å². The van der Waals surface area contributed by atoms with Crippen LogP contribution in [0.3, 0.4) is 0 Å². The average Bonchev–Trinajstić information content (AvgIpc) is 1.91. The van der Waals surface area contributed by atoms with Crippen molar-refractivity contribution in [3.05, 3.63) is 8.96 Å². The van der Waals surface area contributed by atoms with Gasteiger partial charge < -0.3 is 4.74 Å². The van der Waals surface area contributed by atoms with Gasteiger partial charge in [0.15, 0.2) is 0 Å². The molecule has 0 saturated carbocycles. The summed E-state index contributed by atoms with van der Waals surface area (Å²) in [4.78, 5) is 0. The topological polar surface area (TPSA) is 9.23 Å². The lowest BCUT2D eigenvalue weighted by atomic mass is 10.1. The molecule has 1 aliphatic heterocycles. The van der Waals surface area contributed by atoms with Crippen LogP contribution < -0.4 is 0 Å². The van der Waals surface area contributed by atoms with E-state index >= 15 is 0 Å². The van der Waals surface area contributed by atoms with Crippen LogP contribution in [0, 0.1) is 0 Å². The first-order valence-electron chi connectivity index (χ1n) is 3.54. The molecule has 1 aliphatic rings. The normalized spacial score (nSPS) is 27.8. The highest BCUT2D eigenvalue weighted by Crippen LogP contribution is 2.47.